The van der Waals surface area contributed by atoms with Crippen LogP contribution in [0, 0.1) is 0 Å². The highest BCUT2D eigenvalue weighted by Gasteiger charge is 2.08. The van der Waals surface area contributed by atoms with E-state index in [4.69, 9.17) is 4.74 Å². The Morgan fingerprint density at radius 3 is 2.69 bits per heavy atom. The smallest absolute Gasteiger partial charge is 0.248 e. The summed E-state index contributed by atoms with van der Waals surface area (Å²) in [5, 5.41) is 0. The topological polar surface area (TPSA) is 29.5 Å². The number of carbonyl (C=O) groups excluding carboxylic acids is 1. The Hall–Kier alpha value is -0.0900. The number of alkyl halides is 1. The van der Waals surface area contributed by atoms with Crippen LogP contribution >= 0.6 is 15.9 Å². The van der Waals surface area contributed by atoms with E-state index in [0.717, 1.165) is 13.0 Å². The molecule has 0 rings (SSSR count). The normalized spacial score (nSPS) is 12.6. The molecule has 0 N–H and O–H groups in total. The van der Waals surface area contributed by atoms with E-state index >= 15 is 0 Å². The van der Waals surface area contributed by atoms with Gasteiger partial charge < -0.3 is 9.64 Å². The van der Waals surface area contributed by atoms with E-state index < -0.39 is 0 Å². The molecule has 0 radical (unpaired) electrons. The molecule has 3 nitrogen and oxygen atoms in total. The predicted molar refractivity (Wildman–Crippen MR) is 57.1 cm³/mol. The highest BCUT2D eigenvalue weighted by Crippen LogP contribution is 2.03. The molecule has 4 heteroatoms. The van der Waals surface area contributed by atoms with Gasteiger partial charge in [0.05, 0.1) is 0 Å². The van der Waals surface area contributed by atoms with Crippen LogP contribution in [-0.2, 0) is 9.53 Å². The quantitative estimate of drug-likeness (QED) is 0.673. The van der Waals surface area contributed by atoms with Crippen LogP contribution in [0.5, 0.6) is 0 Å². The molecule has 1 amide bonds. The molecule has 0 aliphatic rings. The second-order valence-corrected chi connectivity index (χ2v) is 4.59. The molecular weight excluding hydrogens is 234 g/mol. The van der Waals surface area contributed by atoms with Crippen molar-refractivity contribution >= 4 is 21.8 Å². The second-order valence-electron chi connectivity index (χ2n) is 3.02. The van der Waals surface area contributed by atoms with E-state index in [2.05, 4.69) is 22.9 Å². The maximum atomic E-state index is 11.3. The first-order valence-corrected chi connectivity index (χ1v) is 5.45. The summed E-state index contributed by atoms with van der Waals surface area (Å²) in [5.41, 5.74) is 0. The van der Waals surface area contributed by atoms with Gasteiger partial charge in [0.2, 0.25) is 5.91 Å². The van der Waals surface area contributed by atoms with E-state index in [1.54, 1.807) is 11.9 Å². The Morgan fingerprint density at radius 1 is 1.62 bits per heavy atom. The van der Waals surface area contributed by atoms with Crippen LogP contribution < -0.4 is 0 Å². The Morgan fingerprint density at radius 2 is 2.23 bits per heavy atom. The maximum absolute atomic E-state index is 11.3. The van der Waals surface area contributed by atoms with Gasteiger partial charge in [-0.3, -0.25) is 4.79 Å². The van der Waals surface area contributed by atoms with Crippen molar-refractivity contribution in [1.82, 2.24) is 4.90 Å². The fraction of sp³-hybridized carbons (Fsp3) is 0.889. The molecule has 0 aliphatic carbocycles. The van der Waals surface area contributed by atoms with Gasteiger partial charge in [-0.1, -0.05) is 22.9 Å². The molecule has 1 unspecified atom stereocenters. The van der Waals surface area contributed by atoms with Gasteiger partial charge in [0, 0.05) is 25.0 Å². The highest BCUT2D eigenvalue weighted by atomic mass is 79.9. The Balaban J connectivity index is 3.57. The Bertz CT molecular complexity index is 151. The summed E-state index contributed by atoms with van der Waals surface area (Å²) in [7, 11) is 1.80. The number of hydrogen-bond acceptors (Lipinski definition) is 2. The highest BCUT2D eigenvalue weighted by molar-refractivity contribution is 9.09. The first-order valence-electron chi connectivity index (χ1n) is 4.53. The van der Waals surface area contributed by atoms with Crippen molar-refractivity contribution < 1.29 is 9.53 Å². The largest absolute Gasteiger partial charge is 0.372 e. The van der Waals surface area contributed by atoms with Crippen LogP contribution in [0.3, 0.4) is 0 Å². The van der Waals surface area contributed by atoms with Crippen LogP contribution in [0.1, 0.15) is 20.3 Å². The van der Waals surface area contributed by atoms with Crippen molar-refractivity contribution in [3.8, 4) is 0 Å². The minimum Gasteiger partial charge on any atom is -0.372 e. The fourth-order valence-electron chi connectivity index (χ4n) is 0.796. The van der Waals surface area contributed by atoms with Gasteiger partial charge in [0.1, 0.15) is 6.61 Å². The monoisotopic (exact) mass is 251 g/mol. The summed E-state index contributed by atoms with van der Waals surface area (Å²) >= 11 is 3.44. The Labute approximate surface area is 88.6 Å². The summed E-state index contributed by atoms with van der Waals surface area (Å²) < 4.78 is 5.02. The van der Waals surface area contributed by atoms with Gasteiger partial charge in [-0.2, -0.15) is 0 Å². The third-order valence-electron chi connectivity index (χ3n) is 1.72. The molecule has 0 spiro atoms. The van der Waals surface area contributed by atoms with E-state index in [9.17, 15) is 4.79 Å². The molecule has 0 fully saturated rings. The van der Waals surface area contributed by atoms with E-state index in [-0.39, 0.29) is 12.5 Å². The molecule has 0 aliphatic heterocycles. The lowest BCUT2D eigenvalue weighted by molar-refractivity contribution is -0.134. The molecule has 0 heterocycles. The van der Waals surface area contributed by atoms with Crippen molar-refractivity contribution in [3.05, 3.63) is 0 Å². The third-order valence-corrected chi connectivity index (χ3v) is 2.18. The fourth-order valence-corrected chi connectivity index (χ4v) is 1.00. The van der Waals surface area contributed by atoms with Crippen LogP contribution in [0.4, 0.5) is 0 Å². The first kappa shape index (κ1) is 12.9. The van der Waals surface area contributed by atoms with Crippen LogP contribution in [0.25, 0.3) is 0 Å². The van der Waals surface area contributed by atoms with Gasteiger partial charge in [-0.05, 0) is 13.3 Å². The summed E-state index contributed by atoms with van der Waals surface area (Å²) in [6.45, 7) is 5.52. The number of carbonyl (C=O) groups is 1. The number of rotatable bonds is 6. The number of hydrogen-bond donors (Lipinski definition) is 0. The first-order chi connectivity index (χ1) is 6.07. The minimum absolute atomic E-state index is 0.0509. The third kappa shape index (κ3) is 7.02. The number of likely N-dealkylation sites (N-methyl/N-ethyl adjacent to an activating group) is 1. The SMILES string of the molecule is CCOCC(=O)N(C)CCC(C)Br. The molecule has 0 aromatic heterocycles. The molecule has 0 aromatic carbocycles. The van der Waals surface area contributed by atoms with Crippen molar-refractivity contribution in [3.63, 3.8) is 0 Å². The van der Waals surface area contributed by atoms with Gasteiger partial charge in [-0.15, -0.1) is 0 Å². The van der Waals surface area contributed by atoms with Gasteiger partial charge in [0.25, 0.3) is 0 Å². The second kappa shape index (κ2) is 7.33. The molecule has 78 valence electrons. The van der Waals surface area contributed by atoms with Crippen molar-refractivity contribution in [2.45, 2.75) is 25.1 Å². The van der Waals surface area contributed by atoms with Crippen LogP contribution in [0.15, 0.2) is 0 Å². The predicted octanol–water partition coefficient (Wildman–Crippen LogP) is 1.65. The number of nitrogens with zero attached hydrogens (tertiary/aromatic N) is 1. The standard InChI is InChI=1S/C9H18BrNO2/c1-4-13-7-9(12)11(3)6-5-8(2)10/h8H,4-7H2,1-3H3. The maximum Gasteiger partial charge on any atom is 0.248 e. The number of ether oxygens (including phenoxy) is 1. The summed E-state index contributed by atoms with van der Waals surface area (Å²) in [6.07, 6.45) is 0.967. The molecule has 0 saturated heterocycles. The molecular formula is C9H18BrNO2. The summed E-state index contributed by atoms with van der Waals surface area (Å²) in [6, 6.07) is 0. The van der Waals surface area contributed by atoms with Gasteiger partial charge in [-0.25, -0.2) is 0 Å². The average Bonchev–Trinajstić information content (AvgIpc) is 2.10. The van der Waals surface area contributed by atoms with Gasteiger partial charge >= 0.3 is 0 Å². The van der Waals surface area contributed by atoms with Crippen molar-refractivity contribution in [2.75, 3.05) is 26.8 Å². The molecule has 0 saturated carbocycles. The van der Waals surface area contributed by atoms with Crippen molar-refractivity contribution in [1.29, 1.82) is 0 Å². The van der Waals surface area contributed by atoms with E-state index in [1.807, 2.05) is 6.92 Å². The van der Waals surface area contributed by atoms with E-state index in [0.29, 0.717) is 11.4 Å². The molecule has 13 heavy (non-hydrogen) atoms. The minimum atomic E-state index is 0.0509. The lowest BCUT2D eigenvalue weighted by Crippen LogP contribution is -2.31. The molecule has 0 aromatic rings. The number of halogens is 1. The zero-order valence-corrected chi connectivity index (χ0v) is 10.1. The van der Waals surface area contributed by atoms with Crippen molar-refractivity contribution in [2.24, 2.45) is 0 Å². The zero-order valence-electron chi connectivity index (χ0n) is 8.55. The summed E-state index contributed by atoms with van der Waals surface area (Å²) in [5.74, 6) is 0.0509. The lowest BCUT2D eigenvalue weighted by Gasteiger charge is -2.17. The zero-order chi connectivity index (χ0) is 10.3. The molecule has 0 bridgehead atoms. The van der Waals surface area contributed by atoms with Crippen LogP contribution in [0.2, 0.25) is 0 Å². The Kier molecular flexibility index (Phi) is 7.28. The van der Waals surface area contributed by atoms with E-state index in [1.165, 1.54) is 0 Å². The number of amides is 1. The molecule has 1 atom stereocenters. The summed E-state index contributed by atoms with van der Waals surface area (Å²) in [4.78, 5) is 13.5. The van der Waals surface area contributed by atoms with Gasteiger partial charge in [0.15, 0.2) is 0 Å². The average molecular weight is 252 g/mol. The van der Waals surface area contributed by atoms with Crippen LogP contribution in [-0.4, -0.2) is 42.4 Å². The lowest BCUT2D eigenvalue weighted by atomic mass is 10.3.